The van der Waals surface area contributed by atoms with Crippen LogP contribution in [0.5, 0.6) is 11.5 Å². The number of amides is 1. The highest BCUT2D eigenvalue weighted by molar-refractivity contribution is 7.17. The number of ether oxygens (including phenoxy) is 2. The monoisotopic (exact) mass is 351 g/mol. The second-order valence-corrected chi connectivity index (χ2v) is 6.75. The lowest BCUT2D eigenvalue weighted by molar-refractivity contribution is 0.103. The van der Waals surface area contributed by atoms with Crippen molar-refractivity contribution in [3.8, 4) is 21.9 Å². The number of nitrogens with one attached hydrogen (secondary N) is 1. The van der Waals surface area contributed by atoms with E-state index in [9.17, 15) is 4.79 Å². The Morgan fingerprint density at radius 1 is 0.920 bits per heavy atom. The molecule has 0 bridgehead atoms. The van der Waals surface area contributed by atoms with Crippen molar-refractivity contribution < 1.29 is 14.3 Å². The van der Waals surface area contributed by atoms with E-state index >= 15 is 0 Å². The number of benzene rings is 2. The number of anilines is 1. The average Bonchev–Trinajstić information content (AvgIpc) is 3.02. The molecule has 4 rings (SSSR count). The van der Waals surface area contributed by atoms with E-state index in [4.69, 9.17) is 9.47 Å². The number of hydrogen-bond donors (Lipinski definition) is 1. The van der Waals surface area contributed by atoms with Gasteiger partial charge in [-0.25, -0.2) is 0 Å². The van der Waals surface area contributed by atoms with Gasteiger partial charge in [0, 0.05) is 11.3 Å². The van der Waals surface area contributed by atoms with Crippen LogP contribution in [0.3, 0.4) is 0 Å². The standard InChI is InChI=1S/C20H17NO3S/c22-20(18-11-10-17(25-18)14-6-2-1-3-7-14)21-15-8-4-9-16-19(15)24-13-5-12-23-16/h1-4,6-11H,5,12-13H2,(H,21,22). The number of rotatable bonds is 3. The quantitative estimate of drug-likeness (QED) is 0.735. The minimum atomic E-state index is -0.145. The second kappa shape index (κ2) is 6.99. The van der Waals surface area contributed by atoms with Crippen molar-refractivity contribution in [2.75, 3.05) is 18.5 Å². The van der Waals surface area contributed by atoms with Gasteiger partial charge in [-0.2, -0.15) is 0 Å². The van der Waals surface area contributed by atoms with Crippen LogP contribution in [0, 0.1) is 0 Å². The predicted octanol–water partition coefficient (Wildman–Crippen LogP) is 4.83. The number of fused-ring (bicyclic) bond motifs is 1. The number of para-hydroxylation sites is 1. The van der Waals surface area contributed by atoms with Gasteiger partial charge in [0.05, 0.1) is 23.8 Å². The molecule has 1 aromatic heterocycles. The zero-order valence-electron chi connectivity index (χ0n) is 13.5. The van der Waals surface area contributed by atoms with Crippen LogP contribution in [0.1, 0.15) is 16.1 Å². The first-order valence-electron chi connectivity index (χ1n) is 8.16. The third kappa shape index (κ3) is 3.37. The van der Waals surface area contributed by atoms with Crippen molar-refractivity contribution in [1.29, 1.82) is 0 Å². The first kappa shape index (κ1) is 15.7. The fourth-order valence-corrected chi connectivity index (χ4v) is 3.60. The smallest absolute Gasteiger partial charge is 0.265 e. The molecular weight excluding hydrogens is 334 g/mol. The van der Waals surface area contributed by atoms with Gasteiger partial charge in [0.1, 0.15) is 0 Å². The van der Waals surface area contributed by atoms with E-state index in [0.29, 0.717) is 35.3 Å². The van der Waals surface area contributed by atoms with Crippen molar-refractivity contribution in [2.45, 2.75) is 6.42 Å². The molecule has 0 aliphatic carbocycles. The van der Waals surface area contributed by atoms with Crippen LogP contribution in [0.4, 0.5) is 5.69 Å². The van der Waals surface area contributed by atoms with Crippen LogP contribution in [0.25, 0.3) is 10.4 Å². The van der Waals surface area contributed by atoms with Crippen LogP contribution in [-0.2, 0) is 0 Å². The van der Waals surface area contributed by atoms with E-state index in [1.165, 1.54) is 11.3 Å². The summed E-state index contributed by atoms with van der Waals surface area (Å²) in [5, 5.41) is 2.95. The lowest BCUT2D eigenvalue weighted by atomic mass is 10.2. The summed E-state index contributed by atoms with van der Waals surface area (Å²) in [4.78, 5) is 14.4. The average molecular weight is 351 g/mol. The molecule has 0 fully saturated rings. The molecule has 0 saturated carbocycles. The summed E-state index contributed by atoms with van der Waals surface area (Å²) in [5.41, 5.74) is 1.75. The molecule has 0 radical (unpaired) electrons. The van der Waals surface area contributed by atoms with E-state index in [2.05, 4.69) is 5.32 Å². The molecule has 1 aliphatic heterocycles. The Morgan fingerprint density at radius 2 is 1.76 bits per heavy atom. The number of carbonyl (C=O) groups excluding carboxylic acids is 1. The van der Waals surface area contributed by atoms with Crippen molar-refractivity contribution in [2.24, 2.45) is 0 Å². The second-order valence-electron chi connectivity index (χ2n) is 5.67. The van der Waals surface area contributed by atoms with Crippen molar-refractivity contribution >= 4 is 22.9 Å². The number of carbonyl (C=O) groups is 1. The minimum Gasteiger partial charge on any atom is -0.489 e. The van der Waals surface area contributed by atoms with E-state index in [1.54, 1.807) is 0 Å². The normalized spacial score (nSPS) is 13.1. The molecule has 3 aromatic rings. The van der Waals surface area contributed by atoms with Gasteiger partial charge in [0.2, 0.25) is 0 Å². The van der Waals surface area contributed by atoms with Crippen LogP contribution >= 0.6 is 11.3 Å². The van der Waals surface area contributed by atoms with Gasteiger partial charge < -0.3 is 14.8 Å². The zero-order valence-corrected chi connectivity index (χ0v) is 14.3. The van der Waals surface area contributed by atoms with E-state index < -0.39 is 0 Å². The van der Waals surface area contributed by atoms with Crippen LogP contribution in [0.2, 0.25) is 0 Å². The summed E-state index contributed by atoms with van der Waals surface area (Å²) in [6.07, 6.45) is 0.827. The van der Waals surface area contributed by atoms with Crippen LogP contribution < -0.4 is 14.8 Å². The van der Waals surface area contributed by atoms with Gasteiger partial charge in [-0.15, -0.1) is 11.3 Å². The van der Waals surface area contributed by atoms with Crippen molar-refractivity contribution in [3.63, 3.8) is 0 Å². The molecule has 25 heavy (non-hydrogen) atoms. The van der Waals surface area contributed by atoms with Gasteiger partial charge in [-0.1, -0.05) is 36.4 Å². The largest absolute Gasteiger partial charge is 0.489 e. The minimum absolute atomic E-state index is 0.145. The molecule has 1 amide bonds. The van der Waals surface area contributed by atoms with Crippen LogP contribution in [0.15, 0.2) is 60.7 Å². The molecule has 4 nitrogen and oxygen atoms in total. The highest BCUT2D eigenvalue weighted by atomic mass is 32.1. The van der Waals surface area contributed by atoms with E-state index in [0.717, 1.165) is 16.9 Å². The molecule has 2 heterocycles. The third-order valence-corrected chi connectivity index (χ3v) is 5.04. The lowest BCUT2D eigenvalue weighted by Gasteiger charge is -2.12. The third-order valence-electron chi connectivity index (χ3n) is 3.91. The Labute approximate surface area is 150 Å². The topological polar surface area (TPSA) is 47.6 Å². The van der Waals surface area contributed by atoms with Gasteiger partial charge in [-0.3, -0.25) is 4.79 Å². The maximum atomic E-state index is 12.6. The molecule has 5 heteroatoms. The first-order valence-corrected chi connectivity index (χ1v) is 8.98. The molecule has 0 saturated heterocycles. The Kier molecular flexibility index (Phi) is 4.39. The molecule has 2 aromatic carbocycles. The Hall–Kier alpha value is -2.79. The Bertz CT molecular complexity index is 889. The van der Waals surface area contributed by atoms with Gasteiger partial charge >= 0.3 is 0 Å². The lowest BCUT2D eigenvalue weighted by Crippen LogP contribution is -2.11. The summed E-state index contributed by atoms with van der Waals surface area (Å²) in [6, 6.07) is 19.4. The van der Waals surface area contributed by atoms with E-state index in [-0.39, 0.29) is 5.91 Å². The molecule has 0 spiro atoms. The van der Waals surface area contributed by atoms with Gasteiger partial charge in [0.15, 0.2) is 11.5 Å². The number of thiophene rings is 1. The zero-order chi connectivity index (χ0) is 17.1. The fraction of sp³-hybridized carbons (Fsp3) is 0.150. The van der Waals surface area contributed by atoms with Gasteiger partial charge in [-0.05, 0) is 29.8 Å². The SMILES string of the molecule is O=C(Nc1cccc2c1OCCCO2)c1ccc(-c2ccccc2)s1. The van der Waals surface area contributed by atoms with Crippen molar-refractivity contribution in [3.05, 3.63) is 65.5 Å². The Morgan fingerprint density at radius 3 is 2.64 bits per heavy atom. The van der Waals surface area contributed by atoms with E-state index in [1.807, 2.05) is 60.7 Å². The summed E-state index contributed by atoms with van der Waals surface area (Å²) in [6.45, 7) is 1.20. The van der Waals surface area contributed by atoms with Crippen LogP contribution in [-0.4, -0.2) is 19.1 Å². The maximum Gasteiger partial charge on any atom is 0.265 e. The highest BCUT2D eigenvalue weighted by Crippen LogP contribution is 2.37. The van der Waals surface area contributed by atoms with Crippen molar-refractivity contribution in [1.82, 2.24) is 0 Å². The van der Waals surface area contributed by atoms with Gasteiger partial charge in [0.25, 0.3) is 5.91 Å². The summed E-state index contributed by atoms with van der Waals surface area (Å²) < 4.78 is 11.4. The predicted molar refractivity (Wildman–Crippen MR) is 99.8 cm³/mol. The maximum absolute atomic E-state index is 12.6. The molecule has 0 atom stereocenters. The molecule has 0 unspecified atom stereocenters. The molecular formula is C20H17NO3S. The number of hydrogen-bond acceptors (Lipinski definition) is 4. The summed E-state index contributed by atoms with van der Waals surface area (Å²) in [7, 11) is 0. The fourth-order valence-electron chi connectivity index (χ4n) is 2.69. The molecule has 1 N–H and O–H groups in total. The molecule has 126 valence electrons. The molecule has 1 aliphatic rings. The highest BCUT2D eigenvalue weighted by Gasteiger charge is 2.17. The summed E-state index contributed by atoms with van der Waals surface area (Å²) >= 11 is 1.47. The Balaban J connectivity index is 1.56. The summed E-state index contributed by atoms with van der Waals surface area (Å²) in [5.74, 6) is 1.13. The first-order chi connectivity index (χ1) is 12.3.